The van der Waals surface area contributed by atoms with Gasteiger partial charge in [0.1, 0.15) is 0 Å². The van der Waals surface area contributed by atoms with Gasteiger partial charge in [-0.1, -0.05) is 0 Å². The van der Waals surface area contributed by atoms with Gasteiger partial charge in [0.2, 0.25) is 5.88 Å². The van der Waals surface area contributed by atoms with E-state index < -0.39 is 12.8 Å². The molecule has 0 aromatic carbocycles. The number of carbonyl (C=O) groups excluding carboxylic acids is 1. The van der Waals surface area contributed by atoms with Crippen molar-refractivity contribution >= 4 is 18.3 Å². The Morgan fingerprint density at radius 1 is 1.43 bits per heavy atom. The largest absolute Gasteiger partial charge is 0.468 e. The molecule has 2 heterocycles. The van der Waals surface area contributed by atoms with Crippen LogP contribution in [0.5, 0.6) is 5.88 Å². The lowest BCUT2D eigenvalue weighted by Gasteiger charge is -2.22. The molecule has 1 aliphatic rings. The molecule has 1 aliphatic heterocycles. The van der Waals surface area contributed by atoms with Crippen LogP contribution in [0.2, 0.25) is 0 Å². The number of ether oxygens (including phenoxy) is 1. The zero-order valence-electron chi connectivity index (χ0n) is 12.4. The van der Waals surface area contributed by atoms with Crippen molar-refractivity contribution in [1.82, 2.24) is 15.6 Å². The summed E-state index contributed by atoms with van der Waals surface area (Å²) in [5, 5.41) is 6.06. The minimum Gasteiger partial charge on any atom is -0.468 e. The monoisotopic (exact) mass is 353 g/mol. The molecular weight excluding hydrogens is 335 g/mol. The van der Waals surface area contributed by atoms with Crippen LogP contribution < -0.4 is 15.4 Å². The molecule has 5 nitrogen and oxygen atoms in total. The maximum Gasteiger partial charge on any atom is 0.422 e. The molecule has 0 spiro atoms. The summed E-state index contributed by atoms with van der Waals surface area (Å²) in [5.41, 5.74) is 0.295. The molecule has 1 aromatic rings. The Balaban J connectivity index is 0.00000264. The first kappa shape index (κ1) is 19.5. The van der Waals surface area contributed by atoms with E-state index in [4.69, 9.17) is 0 Å². The normalized spacial score (nSPS) is 18.0. The Bertz CT molecular complexity index is 491. The molecule has 1 unspecified atom stereocenters. The Labute approximate surface area is 138 Å². The van der Waals surface area contributed by atoms with Gasteiger partial charge < -0.3 is 15.4 Å². The highest BCUT2D eigenvalue weighted by Crippen LogP contribution is 2.17. The third kappa shape index (κ3) is 7.04. The topological polar surface area (TPSA) is 63.2 Å². The zero-order valence-corrected chi connectivity index (χ0v) is 13.2. The average molecular weight is 354 g/mol. The van der Waals surface area contributed by atoms with Crippen molar-refractivity contribution in [3.8, 4) is 5.88 Å². The second kappa shape index (κ2) is 8.93. The average Bonchev–Trinajstić information content (AvgIpc) is 2.51. The molecule has 1 atom stereocenters. The van der Waals surface area contributed by atoms with Gasteiger partial charge in [-0.3, -0.25) is 4.79 Å². The quantitative estimate of drug-likeness (QED) is 0.851. The molecule has 2 N–H and O–H groups in total. The molecule has 9 heteroatoms. The summed E-state index contributed by atoms with van der Waals surface area (Å²) in [5.74, 6) is -0.0501. The van der Waals surface area contributed by atoms with E-state index in [1.165, 1.54) is 18.3 Å². The van der Waals surface area contributed by atoms with Crippen LogP contribution in [0.1, 0.15) is 23.2 Å². The van der Waals surface area contributed by atoms with Gasteiger partial charge in [0.05, 0.1) is 5.56 Å². The molecular formula is C14H19ClF3N3O2. The lowest BCUT2D eigenvalue weighted by Crippen LogP contribution is -2.38. The lowest BCUT2D eigenvalue weighted by atomic mass is 10.00. The summed E-state index contributed by atoms with van der Waals surface area (Å²) in [6.07, 6.45) is -1.05. The molecule has 2 rings (SSSR count). The van der Waals surface area contributed by atoms with Crippen molar-refractivity contribution in [1.29, 1.82) is 0 Å². The van der Waals surface area contributed by atoms with E-state index >= 15 is 0 Å². The number of amides is 1. The molecule has 1 amide bonds. The van der Waals surface area contributed by atoms with Crippen molar-refractivity contribution in [2.24, 2.45) is 5.92 Å². The van der Waals surface area contributed by atoms with Crippen LogP contribution in [0.4, 0.5) is 13.2 Å². The number of alkyl halides is 3. The first-order valence-corrected chi connectivity index (χ1v) is 7.08. The number of rotatable bonds is 5. The Hall–Kier alpha value is -1.54. The van der Waals surface area contributed by atoms with Crippen LogP contribution in [0, 0.1) is 5.92 Å². The van der Waals surface area contributed by atoms with Gasteiger partial charge in [0.15, 0.2) is 6.61 Å². The molecule has 1 aromatic heterocycles. The minimum absolute atomic E-state index is 0. The first-order valence-electron chi connectivity index (χ1n) is 7.08. The van der Waals surface area contributed by atoms with Gasteiger partial charge in [-0.25, -0.2) is 4.98 Å². The van der Waals surface area contributed by atoms with E-state index in [1.807, 2.05) is 0 Å². The predicted octanol–water partition coefficient (Wildman–Crippen LogP) is 2.17. The summed E-state index contributed by atoms with van der Waals surface area (Å²) >= 11 is 0. The van der Waals surface area contributed by atoms with E-state index in [9.17, 15) is 18.0 Å². The third-order valence-electron chi connectivity index (χ3n) is 3.33. The summed E-state index contributed by atoms with van der Waals surface area (Å²) in [7, 11) is 0. The Morgan fingerprint density at radius 2 is 2.22 bits per heavy atom. The van der Waals surface area contributed by atoms with Crippen molar-refractivity contribution in [3.63, 3.8) is 0 Å². The number of carbonyl (C=O) groups is 1. The smallest absolute Gasteiger partial charge is 0.422 e. The summed E-state index contributed by atoms with van der Waals surface area (Å²) in [6.45, 7) is 1.05. The minimum atomic E-state index is -4.41. The SMILES string of the molecule is Cl.O=C(NCC1CCCNC1)c1ccc(OCC(F)(F)F)nc1. The van der Waals surface area contributed by atoms with Crippen molar-refractivity contribution in [2.45, 2.75) is 19.0 Å². The summed E-state index contributed by atoms with van der Waals surface area (Å²) in [6, 6.07) is 2.65. The molecule has 0 saturated carbocycles. The standard InChI is InChI=1S/C14H18F3N3O2.ClH/c15-14(16,17)9-22-12-4-3-11(8-19-12)13(21)20-7-10-2-1-5-18-6-10;/h3-4,8,10,18H,1-2,5-7,9H2,(H,20,21);1H. The predicted molar refractivity (Wildman–Crippen MR) is 81.0 cm³/mol. The Morgan fingerprint density at radius 3 is 2.78 bits per heavy atom. The van der Waals surface area contributed by atoms with Gasteiger partial charge in [0, 0.05) is 18.8 Å². The number of halogens is 4. The fourth-order valence-electron chi connectivity index (χ4n) is 2.19. The van der Waals surface area contributed by atoms with E-state index in [0.29, 0.717) is 18.0 Å². The zero-order chi connectivity index (χ0) is 16.0. The number of pyridine rings is 1. The van der Waals surface area contributed by atoms with Crippen LogP contribution in [-0.2, 0) is 0 Å². The molecule has 1 saturated heterocycles. The van der Waals surface area contributed by atoms with E-state index in [1.54, 1.807) is 0 Å². The fraction of sp³-hybridized carbons (Fsp3) is 0.571. The molecule has 0 aliphatic carbocycles. The van der Waals surface area contributed by atoms with Crippen LogP contribution in [0.25, 0.3) is 0 Å². The Kier molecular flexibility index (Phi) is 7.57. The maximum absolute atomic E-state index is 12.0. The van der Waals surface area contributed by atoms with Crippen LogP contribution >= 0.6 is 12.4 Å². The van der Waals surface area contributed by atoms with E-state index in [0.717, 1.165) is 25.9 Å². The number of hydrogen-bond acceptors (Lipinski definition) is 4. The lowest BCUT2D eigenvalue weighted by molar-refractivity contribution is -0.154. The summed E-state index contributed by atoms with van der Waals surface area (Å²) < 4.78 is 40.5. The molecule has 1 fully saturated rings. The van der Waals surface area contributed by atoms with E-state index in [2.05, 4.69) is 20.4 Å². The number of aromatic nitrogens is 1. The van der Waals surface area contributed by atoms with Crippen LogP contribution in [0.15, 0.2) is 18.3 Å². The molecule has 23 heavy (non-hydrogen) atoms. The second-order valence-corrected chi connectivity index (χ2v) is 5.21. The third-order valence-corrected chi connectivity index (χ3v) is 3.33. The van der Waals surface area contributed by atoms with Crippen molar-refractivity contribution in [3.05, 3.63) is 23.9 Å². The number of nitrogens with one attached hydrogen (secondary N) is 2. The maximum atomic E-state index is 12.0. The van der Waals surface area contributed by atoms with Gasteiger partial charge in [-0.2, -0.15) is 13.2 Å². The van der Waals surface area contributed by atoms with Gasteiger partial charge in [0.25, 0.3) is 5.91 Å². The van der Waals surface area contributed by atoms with Gasteiger partial charge in [-0.15, -0.1) is 12.4 Å². The second-order valence-electron chi connectivity index (χ2n) is 5.21. The molecule has 130 valence electrons. The van der Waals surface area contributed by atoms with Crippen molar-refractivity contribution in [2.75, 3.05) is 26.2 Å². The number of nitrogens with zero attached hydrogens (tertiary/aromatic N) is 1. The molecule has 0 radical (unpaired) electrons. The number of piperidine rings is 1. The summed E-state index contributed by atoms with van der Waals surface area (Å²) in [4.78, 5) is 15.6. The fourth-order valence-corrected chi connectivity index (χ4v) is 2.19. The first-order chi connectivity index (χ1) is 10.4. The van der Waals surface area contributed by atoms with Crippen LogP contribution in [-0.4, -0.2) is 43.3 Å². The highest BCUT2D eigenvalue weighted by Gasteiger charge is 2.28. The van der Waals surface area contributed by atoms with Crippen LogP contribution in [0.3, 0.4) is 0 Å². The van der Waals surface area contributed by atoms with Gasteiger partial charge >= 0.3 is 6.18 Å². The van der Waals surface area contributed by atoms with Crippen molar-refractivity contribution < 1.29 is 22.7 Å². The highest BCUT2D eigenvalue weighted by atomic mass is 35.5. The molecule has 0 bridgehead atoms. The highest BCUT2D eigenvalue weighted by molar-refractivity contribution is 5.93. The van der Waals surface area contributed by atoms with E-state index in [-0.39, 0.29) is 24.2 Å². The van der Waals surface area contributed by atoms with Gasteiger partial charge in [-0.05, 0) is 37.9 Å². The number of hydrogen-bond donors (Lipinski definition) is 2.